The second-order valence-electron chi connectivity index (χ2n) is 5.21. The monoisotopic (exact) mass is 308 g/mol. The summed E-state index contributed by atoms with van der Waals surface area (Å²) in [6, 6.07) is 7.75. The molecule has 0 unspecified atom stereocenters. The minimum atomic E-state index is -3.15. The summed E-state index contributed by atoms with van der Waals surface area (Å²) >= 11 is 0. The van der Waals surface area contributed by atoms with E-state index in [9.17, 15) is 8.42 Å². The van der Waals surface area contributed by atoms with Gasteiger partial charge in [-0.2, -0.15) is 0 Å². The average molecular weight is 308 g/mol. The largest absolute Gasteiger partial charge is 0.481 e. The lowest BCUT2D eigenvalue weighted by Gasteiger charge is -2.18. The van der Waals surface area contributed by atoms with Crippen molar-refractivity contribution in [3.8, 4) is 18.1 Å². The van der Waals surface area contributed by atoms with Crippen molar-refractivity contribution < 1.29 is 13.2 Å². The molecule has 1 fully saturated rings. The van der Waals surface area contributed by atoms with Gasteiger partial charge in [0.25, 0.3) is 0 Å². The van der Waals surface area contributed by atoms with Crippen molar-refractivity contribution >= 4 is 10.0 Å². The van der Waals surface area contributed by atoms with Crippen LogP contribution in [0.1, 0.15) is 12.0 Å². The lowest BCUT2D eigenvalue weighted by molar-refractivity contribution is 0.309. The van der Waals surface area contributed by atoms with Gasteiger partial charge in [0.15, 0.2) is 0 Å². The number of hydrogen-bond donors (Lipinski definition) is 1. The van der Waals surface area contributed by atoms with Crippen LogP contribution in [0.3, 0.4) is 0 Å². The van der Waals surface area contributed by atoms with Crippen molar-refractivity contribution in [3.63, 3.8) is 0 Å². The van der Waals surface area contributed by atoms with Crippen LogP contribution in [0.5, 0.6) is 5.75 Å². The molecule has 1 aromatic carbocycles. The summed E-state index contributed by atoms with van der Waals surface area (Å²) in [7, 11) is -3.15. The van der Waals surface area contributed by atoms with Crippen LogP contribution >= 0.6 is 0 Å². The Morgan fingerprint density at radius 2 is 2.24 bits per heavy atom. The number of nitrogens with zero attached hydrogens (tertiary/aromatic N) is 1. The molecule has 1 saturated heterocycles. The number of para-hydroxylation sites is 1. The van der Waals surface area contributed by atoms with Crippen LogP contribution < -0.4 is 9.46 Å². The van der Waals surface area contributed by atoms with Gasteiger partial charge in [-0.05, 0) is 12.5 Å². The van der Waals surface area contributed by atoms with Crippen LogP contribution in [0.4, 0.5) is 0 Å². The Bertz CT molecular complexity index is 622. The SMILES string of the molecule is C#CCOc1ccccc1CN1CC[C@@H](NS(C)(=O)=O)C1. The van der Waals surface area contributed by atoms with Crippen LogP contribution in [-0.4, -0.2) is 45.3 Å². The van der Waals surface area contributed by atoms with Gasteiger partial charge in [0.1, 0.15) is 12.4 Å². The summed E-state index contributed by atoms with van der Waals surface area (Å²) in [5, 5.41) is 0. The van der Waals surface area contributed by atoms with Gasteiger partial charge in [0.05, 0.1) is 6.26 Å². The maximum atomic E-state index is 11.3. The summed E-state index contributed by atoms with van der Waals surface area (Å²) in [6.07, 6.45) is 7.23. The Morgan fingerprint density at radius 3 is 2.95 bits per heavy atom. The number of rotatable bonds is 6. The molecule has 0 saturated carbocycles. The van der Waals surface area contributed by atoms with E-state index in [2.05, 4.69) is 15.5 Å². The maximum Gasteiger partial charge on any atom is 0.208 e. The molecule has 1 N–H and O–H groups in total. The topological polar surface area (TPSA) is 58.6 Å². The highest BCUT2D eigenvalue weighted by molar-refractivity contribution is 7.88. The quantitative estimate of drug-likeness (QED) is 0.791. The number of likely N-dealkylation sites (tertiary alicyclic amines) is 1. The summed E-state index contributed by atoms with van der Waals surface area (Å²) < 4.78 is 30.7. The molecule has 21 heavy (non-hydrogen) atoms. The third-order valence-corrected chi connectivity index (χ3v) is 4.09. The zero-order valence-electron chi connectivity index (χ0n) is 12.1. The predicted molar refractivity (Wildman–Crippen MR) is 82.4 cm³/mol. The molecule has 0 radical (unpaired) electrons. The second-order valence-corrected chi connectivity index (χ2v) is 6.99. The van der Waals surface area contributed by atoms with Gasteiger partial charge in [-0.1, -0.05) is 24.1 Å². The highest BCUT2D eigenvalue weighted by Gasteiger charge is 2.25. The lowest BCUT2D eigenvalue weighted by Crippen LogP contribution is -2.36. The third-order valence-electron chi connectivity index (χ3n) is 3.33. The first-order valence-electron chi connectivity index (χ1n) is 6.82. The van der Waals surface area contributed by atoms with Crippen molar-refractivity contribution in [2.75, 3.05) is 26.0 Å². The van der Waals surface area contributed by atoms with E-state index in [1.54, 1.807) is 0 Å². The number of ether oxygens (including phenoxy) is 1. The second kappa shape index (κ2) is 6.94. The zero-order valence-corrected chi connectivity index (χ0v) is 12.9. The van der Waals surface area contributed by atoms with Crippen molar-refractivity contribution in [1.82, 2.24) is 9.62 Å². The van der Waals surface area contributed by atoms with E-state index in [0.717, 1.165) is 30.8 Å². The van der Waals surface area contributed by atoms with Crippen LogP contribution in [-0.2, 0) is 16.6 Å². The van der Waals surface area contributed by atoms with Crippen molar-refractivity contribution in [1.29, 1.82) is 0 Å². The Hall–Kier alpha value is -1.55. The molecule has 1 aliphatic rings. The van der Waals surface area contributed by atoms with E-state index in [4.69, 9.17) is 11.2 Å². The van der Waals surface area contributed by atoms with Crippen LogP contribution in [0.25, 0.3) is 0 Å². The third kappa shape index (κ3) is 5.05. The molecule has 1 aliphatic heterocycles. The first-order chi connectivity index (χ1) is 9.98. The van der Waals surface area contributed by atoms with E-state index in [-0.39, 0.29) is 12.6 Å². The summed E-state index contributed by atoms with van der Waals surface area (Å²) in [5.41, 5.74) is 1.06. The number of hydrogen-bond acceptors (Lipinski definition) is 4. The summed E-state index contributed by atoms with van der Waals surface area (Å²) in [6.45, 7) is 2.53. The van der Waals surface area contributed by atoms with Gasteiger partial charge in [0, 0.05) is 31.2 Å². The van der Waals surface area contributed by atoms with E-state index in [1.165, 1.54) is 6.26 Å². The Morgan fingerprint density at radius 1 is 1.48 bits per heavy atom. The van der Waals surface area contributed by atoms with Gasteiger partial charge in [-0.25, -0.2) is 13.1 Å². The van der Waals surface area contributed by atoms with Gasteiger partial charge in [-0.15, -0.1) is 6.42 Å². The smallest absolute Gasteiger partial charge is 0.208 e. The molecule has 2 rings (SSSR count). The van der Waals surface area contributed by atoms with Gasteiger partial charge >= 0.3 is 0 Å². The molecule has 6 heteroatoms. The van der Waals surface area contributed by atoms with Gasteiger partial charge in [0.2, 0.25) is 10.0 Å². The van der Waals surface area contributed by atoms with Crippen molar-refractivity contribution in [3.05, 3.63) is 29.8 Å². The van der Waals surface area contributed by atoms with E-state index in [0.29, 0.717) is 6.54 Å². The average Bonchev–Trinajstić information content (AvgIpc) is 2.83. The molecule has 1 atom stereocenters. The first kappa shape index (κ1) is 15.8. The Labute approximate surface area is 126 Å². The van der Waals surface area contributed by atoms with Gasteiger partial charge in [-0.3, -0.25) is 4.90 Å². The molecule has 114 valence electrons. The molecular formula is C15H20N2O3S. The van der Waals surface area contributed by atoms with Crippen LogP contribution in [0.15, 0.2) is 24.3 Å². The highest BCUT2D eigenvalue weighted by atomic mass is 32.2. The molecule has 0 aliphatic carbocycles. The Kier molecular flexibility index (Phi) is 5.23. The molecule has 0 bridgehead atoms. The minimum Gasteiger partial charge on any atom is -0.481 e. The highest BCUT2D eigenvalue weighted by Crippen LogP contribution is 2.22. The lowest BCUT2D eigenvalue weighted by atomic mass is 10.2. The number of nitrogens with one attached hydrogen (secondary N) is 1. The van der Waals surface area contributed by atoms with E-state index >= 15 is 0 Å². The van der Waals surface area contributed by atoms with Crippen LogP contribution in [0, 0.1) is 12.3 Å². The van der Waals surface area contributed by atoms with E-state index in [1.807, 2.05) is 24.3 Å². The molecule has 0 amide bonds. The van der Waals surface area contributed by atoms with Crippen molar-refractivity contribution in [2.45, 2.75) is 19.0 Å². The predicted octanol–water partition coefficient (Wildman–Crippen LogP) is 0.822. The fraction of sp³-hybridized carbons (Fsp3) is 0.467. The number of benzene rings is 1. The zero-order chi connectivity index (χ0) is 15.3. The fourth-order valence-electron chi connectivity index (χ4n) is 2.51. The maximum absolute atomic E-state index is 11.3. The summed E-state index contributed by atoms with van der Waals surface area (Å²) in [4.78, 5) is 2.21. The molecule has 0 aromatic heterocycles. The summed E-state index contributed by atoms with van der Waals surface area (Å²) in [5.74, 6) is 3.24. The van der Waals surface area contributed by atoms with Crippen LogP contribution in [0.2, 0.25) is 0 Å². The molecular weight excluding hydrogens is 288 g/mol. The Balaban J connectivity index is 1.96. The number of sulfonamides is 1. The standard InChI is InChI=1S/C15H20N2O3S/c1-3-10-20-15-7-5-4-6-13(15)11-17-9-8-14(12-17)16-21(2,18)19/h1,4-7,14,16H,8-12H2,2H3/t14-/m1/s1. The molecule has 0 spiro atoms. The number of terminal acetylenes is 1. The van der Waals surface area contributed by atoms with Crippen molar-refractivity contribution in [2.24, 2.45) is 0 Å². The molecule has 1 heterocycles. The fourth-order valence-corrected chi connectivity index (χ4v) is 3.31. The normalized spacial score (nSPS) is 19.3. The molecule has 1 aromatic rings. The minimum absolute atomic E-state index is 0.0150. The molecule has 5 nitrogen and oxygen atoms in total. The first-order valence-corrected chi connectivity index (χ1v) is 8.71. The van der Waals surface area contributed by atoms with E-state index < -0.39 is 10.0 Å². The van der Waals surface area contributed by atoms with Gasteiger partial charge < -0.3 is 4.74 Å².